The Kier molecular flexibility index (Phi) is 3.85. The van der Waals surface area contributed by atoms with E-state index in [1.165, 1.54) is 5.56 Å². The molecule has 0 unspecified atom stereocenters. The topological polar surface area (TPSA) is 42.7 Å². The lowest BCUT2D eigenvalue weighted by Gasteiger charge is -2.02. The van der Waals surface area contributed by atoms with Crippen LogP contribution in [0.5, 0.6) is 0 Å². The summed E-state index contributed by atoms with van der Waals surface area (Å²) in [6, 6.07) is 20.3. The second kappa shape index (κ2) is 6.12. The van der Waals surface area contributed by atoms with Gasteiger partial charge >= 0.3 is 0 Å². The van der Waals surface area contributed by atoms with Crippen molar-refractivity contribution in [2.45, 2.75) is 13.1 Å². The van der Waals surface area contributed by atoms with E-state index in [4.69, 9.17) is 0 Å². The van der Waals surface area contributed by atoms with Gasteiger partial charge in [0, 0.05) is 13.1 Å². The van der Waals surface area contributed by atoms with Gasteiger partial charge in [-0.1, -0.05) is 53.7 Å². The zero-order chi connectivity index (χ0) is 13.6. The summed E-state index contributed by atoms with van der Waals surface area (Å²) in [5.74, 6) is 0. The summed E-state index contributed by atoms with van der Waals surface area (Å²) in [4.78, 5) is 0. The zero-order valence-electron chi connectivity index (χ0n) is 11.1. The lowest BCUT2D eigenvalue weighted by molar-refractivity contribution is 0.676. The van der Waals surface area contributed by atoms with E-state index in [-0.39, 0.29) is 0 Å². The highest BCUT2D eigenvalue weighted by atomic mass is 15.4. The van der Waals surface area contributed by atoms with E-state index in [1.54, 1.807) is 4.68 Å². The van der Waals surface area contributed by atoms with Gasteiger partial charge < -0.3 is 5.32 Å². The fourth-order valence-corrected chi connectivity index (χ4v) is 2.02. The van der Waals surface area contributed by atoms with Gasteiger partial charge in [-0.15, -0.1) is 5.10 Å². The van der Waals surface area contributed by atoms with Crippen LogP contribution >= 0.6 is 0 Å². The Morgan fingerprint density at radius 3 is 2.30 bits per heavy atom. The van der Waals surface area contributed by atoms with Gasteiger partial charge in [0.05, 0.1) is 17.6 Å². The molecule has 0 aliphatic carbocycles. The van der Waals surface area contributed by atoms with Gasteiger partial charge in [-0.25, -0.2) is 4.68 Å². The van der Waals surface area contributed by atoms with Gasteiger partial charge in [-0.3, -0.25) is 0 Å². The van der Waals surface area contributed by atoms with E-state index >= 15 is 0 Å². The lowest BCUT2D eigenvalue weighted by atomic mass is 10.2. The van der Waals surface area contributed by atoms with Gasteiger partial charge in [0.25, 0.3) is 0 Å². The molecular weight excluding hydrogens is 248 g/mol. The normalized spacial score (nSPS) is 10.6. The van der Waals surface area contributed by atoms with E-state index in [0.29, 0.717) is 6.54 Å². The standard InChI is InChI=1S/C16H16N4/c1-3-7-14(8-4-1)11-17-12-15-13-20(19-18-15)16-9-5-2-6-10-16/h1-10,13,17H,11-12H2. The molecule has 0 amide bonds. The van der Waals surface area contributed by atoms with Crippen molar-refractivity contribution in [2.75, 3.05) is 0 Å². The molecule has 1 heterocycles. The smallest absolute Gasteiger partial charge is 0.0969 e. The molecule has 0 aliphatic heterocycles. The van der Waals surface area contributed by atoms with Crippen LogP contribution in [-0.4, -0.2) is 15.0 Å². The van der Waals surface area contributed by atoms with E-state index in [0.717, 1.165) is 17.9 Å². The SMILES string of the molecule is c1ccc(CNCc2cn(-c3ccccc3)nn2)cc1. The maximum atomic E-state index is 4.17. The maximum Gasteiger partial charge on any atom is 0.0969 e. The summed E-state index contributed by atoms with van der Waals surface area (Å²) in [6.07, 6.45) is 1.95. The number of para-hydroxylation sites is 1. The number of benzene rings is 2. The Bertz CT molecular complexity index is 647. The average Bonchev–Trinajstić information content (AvgIpc) is 2.98. The second-order valence-corrected chi connectivity index (χ2v) is 4.58. The molecule has 0 radical (unpaired) electrons. The molecule has 3 rings (SSSR count). The summed E-state index contributed by atoms with van der Waals surface area (Å²) in [5, 5.41) is 11.7. The molecule has 0 saturated carbocycles. The molecule has 0 bridgehead atoms. The number of aromatic nitrogens is 3. The summed E-state index contributed by atoms with van der Waals surface area (Å²) < 4.78 is 1.79. The van der Waals surface area contributed by atoms with Crippen molar-refractivity contribution < 1.29 is 0 Å². The number of hydrogen-bond donors (Lipinski definition) is 1. The van der Waals surface area contributed by atoms with Crippen molar-refractivity contribution in [3.05, 3.63) is 78.1 Å². The molecule has 0 spiro atoms. The molecule has 2 aromatic carbocycles. The summed E-state index contributed by atoms with van der Waals surface area (Å²) in [5.41, 5.74) is 3.22. The predicted molar refractivity (Wildman–Crippen MR) is 78.3 cm³/mol. The molecule has 0 aliphatic rings. The van der Waals surface area contributed by atoms with Crippen LogP contribution in [0.2, 0.25) is 0 Å². The fraction of sp³-hybridized carbons (Fsp3) is 0.125. The molecule has 4 nitrogen and oxygen atoms in total. The van der Waals surface area contributed by atoms with Crippen LogP contribution in [0.15, 0.2) is 66.9 Å². The highest BCUT2D eigenvalue weighted by Gasteiger charge is 2.02. The molecule has 1 N–H and O–H groups in total. The van der Waals surface area contributed by atoms with Crippen molar-refractivity contribution in [2.24, 2.45) is 0 Å². The van der Waals surface area contributed by atoms with Crippen molar-refractivity contribution in [3.63, 3.8) is 0 Å². The Morgan fingerprint density at radius 1 is 0.850 bits per heavy atom. The Morgan fingerprint density at radius 2 is 1.55 bits per heavy atom. The van der Waals surface area contributed by atoms with E-state index in [2.05, 4.69) is 27.8 Å². The quantitative estimate of drug-likeness (QED) is 0.770. The van der Waals surface area contributed by atoms with E-state index < -0.39 is 0 Å². The molecule has 4 heteroatoms. The van der Waals surface area contributed by atoms with Crippen molar-refractivity contribution >= 4 is 0 Å². The molecule has 0 fully saturated rings. The summed E-state index contributed by atoms with van der Waals surface area (Å²) in [6.45, 7) is 1.54. The second-order valence-electron chi connectivity index (χ2n) is 4.58. The number of rotatable bonds is 5. The van der Waals surface area contributed by atoms with Gasteiger partial charge in [0.1, 0.15) is 0 Å². The van der Waals surface area contributed by atoms with Crippen LogP contribution in [0.1, 0.15) is 11.3 Å². The largest absolute Gasteiger partial charge is 0.307 e. The Hall–Kier alpha value is -2.46. The van der Waals surface area contributed by atoms with Crippen LogP contribution in [0.3, 0.4) is 0 Å². The first-order valence-corrected chi connectivity index (χ1v) is 6.63. The van der Waals surface area contributed by atoms with Gasteiger partial charge in [-0.2, -0.15) is 0 Å². The first kappa shape index (κ1) is 12.6. The molecular formula is C16H16N4. The fourth-order valence-electron chi connectivity index (χ4n) is 2.02. The lowest BCUT2D eigenvalue weighted by Crippen LogP contribution is -2.12. The van der Waals surface area contributed by atoms with Crippen LogP contribution in [0.4, 0.5) is 0 Å². The first-order valence-electron chi connectivity index (χ1n) is 6.63. The Balaban J connectivity index is 1.58. The van der Waals surface area contributed by atoms with E-state index in [9.17, 15) is 0 Å². The van der Waals surface area contributed by atoms with Crippen LogP contribution < -0.4 is 5.32 Å². The van der Waals surface area contributed by atoms with Gasteiger partial charge in [-0.05, 0) is 17.7 Å². The minimum absolute atomic E-state index is 0.710. The van der Waals surface area contributed by atoms with Gasteiger partial charge in [0.2, 0.25) is 0 Å². The molecule has 0 atom stereocenters. The van der Waals surface area contributed by atoms with Gasteiger partial charge in [0.15, 0.2) is 0 Å². The third-order valence-electron chi connectivity index (χ3n) is 3.04. The van der Waals surface area contributed by atoms with Crippen molar-refractivity contribution in [3.8, 4) is 5.69 Å². The van der Waals surface area contributed by atoms with Crippen LogP contribution in [0, 0.1) is 0 Å². The highest BCUT2D eigenvalue weighted by molar-refractivity contribution is 5.29. The number of hydrogen-bond acceptors (Lipinski definition) is 3. The number of nitrogens with one attached hydrogen (secondary N) is 1. The summed E-state index contributed by atoms with van der Waals surface area (Å²) >= 11 is 0. The number of nitrogens with zero attached hydrogens (tertiary/aromatic N) is 3. The minimum Gasteiger partial charge on any atom is -0.307 e. The minimum atomic E-state index is 0.710. The highest BCUT2D eigenvalue weighted by Crippen LogP contribution is 2.05. The molecule has 0 saturated heterocycles. The van der Waals surface area contributed by atoms with Crippen molar-refractivity contribution in [1.82, 2.24) is 20.3 Å². The van der Waals surface area contributed by atoms with Crippen molar-refractivity contribution in [1.29, 1.82) is 0 Å². The molecule has 3 aromatic rings. The molecule has 20 heavy (non-hydrogen) atoms. The molecule has 100 valence electrons. The maximum absolute atomic E-state index is 4.17. The Labute approximate surface area is 118 Å². The summed E-state index contributed by atoms with van der Waals surface area (Å²) in [7, 11) is 0. The third kappa shape index (κ3) is 3.10. The van der Waals surface area contributed by atoms with Crippen LogP contribution in [-0.2, 0) is 13.1 Å². The zero-order valence-corrected chi connectivity index (χ0v) is 11.1. The average molecular weight is 264 g/mol. The first-order chi connectivity index (χ1) is 9.92. The van der Waals surface area contributed by atoms with E-state index in [1.807, 2.05) is 54.7 Å². The monoisotopic (exact) mass is 264 g/mol. The molecule has 1 aromatic heterocycles. The predicted octanol–water partition coefficient (Wildman–Crippen LogP) is 2.56. The van der Waals surface area contributed by atoms with Crippen LogP contribution in [0.25, 0.3) is 5.69 Å². The third-order valence-corrected chi connectivity index (χ3v) is 3.04.